The molecule has 1 heterocycles. The number of benzene rings is 1. The minimum atomic E-state index is 0.281. The molecule has 17 heavy (non-hydrogen) atoms. The number of likely N-dealkylation sites (N-methyl/N-ethyl adjacent to an activating group) is 1. The number of hydrogen-bond donors (Lipinski definition) is 1. The second-order valence-corrected chi connectivity index (χ2v) is 6.39. The zero-order valence-corrected chi connectivity index (χ0v) is 13.3. The van der Waals surface area contributed by atoms with Crippen LogP contribution in [0, 0.1) is 0 Å². The maximum Gasteiger partial charge on any atom is 0.0943 e. The second kappa shape index (κ2) is 6.09. The fourth-order valence-corrected chi connectivity index (χ4v) is 3.67. The Bertz CT molecular complexity index is 485. The molecule has 90 valence electrons. The first kappa shape index (κ1) is 13.2. The smallest absolute Gasteiger partial charge is 0.0943 e. The van der Waals surface area contributed by atoms with Gasteiger partial charge in [-0.3, -0.25) is 0 Å². The number of aromatic nitrogens is 1. The normalized spacial score (nSPS) is 12.6. The van der Waals surface area contributed by atoms with Crippen LogP contribution in [0.3, 0.4) is 0 Å². The van der Waals surface area contributed by atoms with E-state index in [1.165, 1.54) is 5.56 Å². The molecule has 0 aliphatic rings. The van der Waals surface area contributed by atoms with Crippen LogP contribution >= 0.6 is 43.2 Å². The van der Waals surface area contributed by atoms with Gasteiger partial charge in [-0.1, -0.05) is 37.9 Å². The SMILES string of the molecule is CNC(Cc1nccs1)c1ccc(Br)cc1Br. The Morgan fingerprint density at radius 3 is 2.82 bits per heavy atom. The van der Waals surface area contributed by atoms with Crippen molar-refractivity contribution < 1.29 is 0 Å². The standard InChI is InChI=1S/C12H12Br2N2S/c1-15-11(7-12-16-4-5-17-12)9-3-2-8(13)6-10(9)14/h2-6,11,15H,7H2,1H3. The summed E-state index contributed by atoms with van der Waals surface area (Å²) in [6.07, 6.45) is 2.76. The van der Waals surface area contributed by atoms with Crippen LogP contribution in [0.2, 0.25) is 0 Å². The first-order chi connectivity index (χ1) is 8.20. The third-order valence-corrected chi connectivity index (χ3v) is 4.53. The topological polar surface area (TPSA) is 24.9 Å². The van der Waals surface area contributed by atoms with Crippen molar-refractivity contribution in [1.82, 2.24) is 10.3 Å². The van der Waals surface area contributed by atoms with E-state index in [1.807, 2.05) is 18.6 Å². The van der Waals surface area contributed by atoms with E-state index < -0.39 is 0 Å². The Kier molecular flexibility index (Phi) is 4.73. The number of nitrogens with one attached hydrogen (secondary N) is 1. The first-order valence-corrected chi connectivity index (χ1v) is 7.68. The maximum absolute atomic E-state index is 4.33. The molecule has 1 atom stereocenters. The maximum atomic E-state index is 4.33. The molecule has 0 radical (unpaired) electrons. The highest BCUT2D eigenvalue weighted by Crippen LogP contribution is 2.29. The Morgan fingerprint density at radius 2 is 2.24 bits per heavy atom. The van der Waals surface area contributed by atoms with Gasteiger partial charge in [0.1, 0.15) is 0 Å². The summed E-state index contributed by atoms with van der Waals surface area (Å²) in [6, 6.07) is 6.54. The number of halogens is 2. The molecule has 2 nitrogen and oxygen atoms in total. The van der Waals surface area contributed by atoms with Gasteiger partial charge in [-0.25, -0.2) is 4.98 Å². The molecule has 0 amide bonds. The van der Waals surface area contributed by atoms with Gasteiger partial charge in [0, 0.05) is 33.0 Å². The first-order valence-electron chi connectivity index (χ1n) is 5.21. The molecule has 0 aliphatic carbocycles. The number of nitrogens with zero attached hydrogens (tertiary/aromatic N) is 1. The van der Waals surface area contributed by atoms with Crippen LogP contribution in [-0.4, -0.2) is 12.0 Å². The van der Waals surface area contributed by atoms with E-state index in [0.29, 0.717) is 0 Å². The molecule has 0 saturated heterocycles. The molecule has 1 aromatic heterocycles. The Morgan fingerprint density at radius 1 is 1.41 bits per heavy atom. The summed E-state index contributed by atoms with van der Waals surface area (Å²) in [5, 5.41) is 6.50. The molecule has 0 fully saturated rings. The van der Waals surface area contributed by atoms with Crippen molar-refractivity contribution in [2.24, 2.45) is 0 Å². The minimum absolute atomic E-state index is 0.281. The molecule has 1 N–H and O–H groups in total. The van der Waals surface area contributed by atoms with Gasteiger partial charge in [0.2, 0.25) is 0 Å². The molecular formula is C12H12Br2N2S. The summed E-state index contributed by atoms with van der Waals surface area (Å²) >= 11 is 8.77. The molecule has 1 aromatic carbocycles. The fourth-order valence-electron chi connectivity index (χ4n) is 1.68. The third-order valence-electron chi connectivity index (χ3n) is 2.55. The lowest BCUT2D eigenvalue weighted by Crippen LogP contribution is -2.19. The van der Waals surface area contributed by atoms with Gasteiger partial charge in [-0.15, -0.1) is 11.3 Å². The highest BCUT2D eigenvalue weighted by molar-refractivity contribution is 9.11. The molecule has 0 bridgehead atoms. The summed E-state index contributed by atoms with van der Waals surface area (Å²) < 4.78 is 2.19. The summed E-state index contributed by atoms with van der Waals surface area (Å²) in [5.41, 5.74) is 1.26. The molecular weight excluding hydrogens is 364 g/mol. The summed E-state index contributed by atoms with van der Waals surface area (Å²) in [4.78, 5) is 4.33. The van der Waals surface area contributed by atoms with Crippen molar-refractivity contribution in [2.45, 2.75) is 12.5 Å². The number of rotatable bonds is 4. The Balaban J connectivity index is 2.23. The molecule has 5 heteroatoms. The van der Waals surface area contributed by atoms with Gasteiger partial charge >= 0.3 is 0 Å². The minimum Gasteiger partial charge on any atom is -0.313 e. The van der Waals surface area contributed by atoms with Gasteiger partial charge in [-0.05, 0) is 24.7 Å². The van der Waals surface area contributed by atoms with Crippen molar-refractivity contribution in [3.8, 4) is 0 Å². The molecule has 0 spiro atoms. The fraction of sp³-hybridized carbons (Fsp3) is 0.250. The molecule has 0 saturated carbocycles. The molecule has 0 aliphatic heterocycles. The van der Waals surface area contributed by atoms with Crippen LogP contribution in [0.15, 0.2) is 38.7 Å². The predicted molar refractivity (Wildman–Crippen MR) is 79.5 cm³/mol. The zero-order valence-electron chi connectivity index (χ0n) is 9.28. The Labute approximate surface area is 122 Å². The highest BCUT2D eigenvalue weighted by Gasteiger charge is 2.14. The van der Waals surface area contributed by atoms with Crippen molar-refractivity contribution in [2.75, 3.05) is 7.05 Å². The van der Waals surface area contributed by atoms with E-state index in [-0.39, 0.29) is 6.04 Å². The van der Waals surface area contributed by atoms with E-state index in [1.54, 1.807) is 11.3 Å². The second-order valence-electron chi connectivity index (χ2n) is 3.64. The van der Waals surface area contributed by atoms with Crippen molar-refractivity contribution in [1.29, 1.82) is 0 Å². The van der Waals surface area contributed by atoms with Gasteiger partial charge in [-0.2, -0.15) is 0 Å². The largest absolute Gasteiger partial charge is 0.313 e. The average Bonchev–Trinajstić information content (AvgIpc) is 2.79. The lowest BCUT2D eigenvalue weighted by atomic mass is 10.0. The van der Waals surface area contributed by atoms with Gasteiger partial charge < -0.3 is 5.32 Å². The van der Waals surface area contributed by atoms with E-state index in [2.05, 4.69) is 60.4 Å². The van der Waals surface area contributed by atoms with Crippen LogP contribution in [0.25, 0.3) is 0 Å². The number of hydrogen-bond acceptors (Lipinski definition) is 3. The van der Waals surface area contributed by atoms with E-state index in [0.717, 1.165) is 20.4 Å². The van der Waals surface area contributed by atoms with E-state index in [4.69, 9.17) is 0 Å². The zero-order chi connectivity index (χ0) is 12.3. The van der Waals surface area contributed by atoms with E-state index in [9.17, 15) is 0 Å². The van der Waals surface area contributed by atoms with Gasteiger partial charge in [0.25, 0.3) is 0 Å². The summed E-state index contributed by atoms with van der Waals surface area (Å²) in [6.45, 7) is 0. The van der Waals surface area contributed by atoms with Crippen molar-refractivity contribution in [3.05, 3.63) is 49.3 Å². The lowest BCUT2D eigenvalue weighted by molar-refractivity contribution is 0.588. The van der Waals surface area contributed by atoms with E-state index >= 15 is 0 Å². The average molecular weight is 376 g/mol. The summed E-state index contributed by atoms with van der Waals surface area (Å²) in [7, 11) is 1.98. The Hall–Kier alpha value is -0.230. The molecule has 1 unspecified atom stereocenters. The van der Waals surface area contributed by atoms with Crippen LogP contribution in [0.4, 0.5) is 0 Å². The number of thiazole rings is 1. The lowest BCUT2D eigenvalue weighted by Gasteiger charge is -2.17. The van der Waals surface area contributed by atoms with Crippen LogP contribution in [0.1, 0.15) is 16.6 Å². The monoisotopic (exact) mass is 374 g/mol. The van der Waals surface area contributed by atoms with Crippen LogP contribution in [-0.2, 0) is 6.42 Å². The highest BCUT2D eigenvalue weighted by atomic mass is 79.9. The van der Waals surface area contributed by atoms with Crippen molar-refractivity contribution in [3.63, 3.8) is 0 Å². The molecule has 2 aromatic rings. The molecule has 2 rings (SSSR count). The quantitative estimate of drug-likeness (QED) is 0.867. The predicted octanol–water partition coefficient (Wildman–Crippen LogP) is 4.17. The van der Waals surface area contributed by atoms with Crippen molar-refractivity contribution >= 4 is 43.2 Å². The van der Waals surface area contributed by atoms with Gasteiger partial charge in [0.05, 0.1) is 5.01 Å². The van der Waals surface area contributed by atoms with Gasteiger partial charge in [0.15, 0.2) is 0 Å². The van der Waals surface area contributed by atoms with Crippen LogP contribution < -0.4 is 5.32 Å². The summed E-state index contributed by atoms with van der Waals surface area (Å²) in [5.74, 6) is 0. The van der Waals surface area contributed by atoms with Crippen LogP contribution in [0.5, 0.6) is 0 Å². The third kappa shape index (κ3) is 3.37.